The van der Waals surface area contributed by atoms with Crippen LogP contribution >= 0.6 is 0 Å². The molecule has 1 fully saturated rings. The number of pyridine rings is 1. The number of nitrogens with zero attached hydrogens (tertiary/aromatic N) is 1. The van der Waals surface area contributed by atoms with Crippen molar-refractivity contribution in [1.29, 1.82) is 0 Å². The highest BCUT2D eigenvalue weighted by Crippen LogP contribution is 2.32. The summed E-state index contributed by atoms with van der Waals surface area (Å²) in [5.74, 6) is 0.803. The van der Waals surface area contributed by atoms with Crippen molar-refractivity contribution >= 4 is 11.8 Å². The Labute approximate surface area is 88.4 Å². The van der Waals surface area contributed by atoms with Crippen molar-refractivity contribution in [2.24, 2.45) is 5.92 Å². The van der Waals surface area contributed by atoms with Gasteiger partial charge in [-0.2, -0.15) is 0 Å². The summed E-state index contributed by atoms with van der Waals surface area (Å²) in [5, 5.41) is 0. The molecule has 2 rings (SSSR count). The van der Waals surface area contributed by atoms with E-state index in [2.05, 4.69) is 4.98 Å². The Balaban J connectivity index is 1.83. The van der Waals surface area contributed by atoms with E-state index < -0.39 is 0 Å². The lowest BCUT2D eigenvalue weighted by molar-refractivity contribution is 0.0495. The molecule has 15 heavy (non-hydrogen) atoms. The minimum atomic E-state index is -0.315. The van der Waals surface area contributed by atoms with E-state index in [9.17, 15) is 4.79 Å². The van der Waals surface area contributed by atoms with Crippen molar-refractivity contribution in [3.8, 4) is 0 Å². The molecule has 2 N–H and O–H groups in total. The summed E-state index contributed by atoms with van der Waals surface area (Å²) in [6, 6.07) is 3.13. The van der Waals surface area contributed by atoms with Gasteiger partial charge in [0.1, 0.15) is 5.82 Å². The Kier molecular flexibility index (Phi) is 2.85. The number of anilines is 1. The Morgan fingerprint density at radius 1 is 1.60 bits per heavy atom. The summed E-state index contributed by atoms with van der Waals surface area (Å²) >= 11 is 0. The molecule has 0 spiro atoms. The molecule has 80 valence electrons. The van der Waals surface area contributed by atoms with Crippen LogP contribution in [-0.2, 0) is 4.74 Å². The molecule has 0 amide bonds. The van der Waals surface area contributed by atoms with Gasteiger partial charge >= 0.3 is 5.97 Å². The first-order chi connectivity index (χ1) is 7.25. The number of hydrogen-bond donors (Lipinski definition) is 1. The lowest BCUT2D eigenvalue weighted by Gasteiger charge is -2.04. The number of hydrogen-bond acceptors (Lipinski definition) is 4. The average Bonchev–Trinajstić information content (AvgIpc) is 3.01. The van der Waals surface area contributed by atoms with Crippen molar-refractivity contribution in [2.45, 2.75) is 19.3 Å². The van der Waals surface area contributed by atoms with Crippen molar-refractivity contribution in [1.82, 2.24) is 4.98 Å². The summed E-state index contributed by atoms with van der Waals surface area (Å²) < 4.78 is 5.11. The predicted octanol–water partition coefficient (Wildman–Crippen LogP) is 1.62. The molecular formula is C11H14N2O2. The van der Waals surface area contributed by atoms with Crippen LogP contribution in [0, 0.1) is 5.92 Å². The van der Waals surface area contributed by atoms with Crippen LogP contribution in [0.1, 0.15) is 29.6 Å². The fourth-order valence-electron chi connectivity index (χ4n) is 1.38. The standard InChI is InChI=1S/C11H14N2O2/c12-10-7-9(3-5-13-10)11(14)15-6-4-8-1-2-8/h3,5,7-8H,1-2,4,6H2,(H2,12,13). The first-order valence-electron chi connectivity index (χ1n) is 5.14. The van der Waals surface area contributed by atoms with Crippen molar-refractivity contribution in [2.75, 3.05) is 12.3 Å². The van der Waals surface area contributed by atoms with Gasteiger partial charge in [-0.15, -0.1) is 0 Å². The second-order valence-electron chi connectivity index (χ2n) is 3.84. The molecule has 0 bridgehead atoms. The van der Waals surface area contributed by atoms with E-state index in [0.717, 1.165) is 12.3 Å². The van der Waals surface area contributed by atoms with Crippen molar-refractivity contribution < 1.29 is 9.53 Å². The third-order valence-electron chi connectivity index (χ3n) is 2.47. The molecule has 0 aliphatic heterocycles. The first kappa shape index (κ1) is 9.96. The van der Waals surface area contributed by atoms with Gasteiger partial charge in [0.25, 0.3) is 0 Å². The third kappa shape index (κ3) is 2.94. The maximum atomic E-state index is 11.5. The first-order valence-corrected chi connectivity index (χ1v) is 5.14. The van der Waals surface area contributed by atoms with E-state index in [-0.39, 0.29) is 5.97 Å². The normalized spacial score (nSPS) is 14.9. The average molecular weight is 206 g/mol. The molecule has 0 unspecified atom stereocenters. The van der Waals surface area contributed by atoms with Crippen LogP contribution in [0.15, 0.2) is 18.3 Å². The van der Waals surface area contributed by atoms with Gasteiger partial charge in [-0.05, 0) is 24.5 Å². The zero-order valence-corrected chi connectivity index (χ0v) is 8.48. The molecule has 0 radical (unpaired) electrons. The SMILES string of the molecule is Nc1cc(C(=O)OCCC2CC2)ccn1. The largest absolute Gasteiger partial charge is 0.462 e. The van der Waals surface area contributed by atoms with Crippen LogP contribution in [0.5, 0.6) is 0 Å². The molecule has 1 aromatic rings. The summed E-state index contributed by atoms with van der Waals surface area (Å²) in [5.41, 5.74) is 5.94. The maximum absolute atomic E-state index is 11.5. The Bertz CT molecular complexity index is 361. The molecule has 0 aromatic carbocycles. The molecule has 0 saturated heterocycles. The third-order valence-corrected chi connectivity index (χ3v) is 2.47. The quantitative estimate of drug-likeness (QED) is 0.760. The van der Waals surface area contributed by atoms with E-state index in [4.69, 9.17) is 10.5 Å². The van der Waals surface area contributed by atoms with Crippen LogP contribution in [-0.4, -0.2) is 17.6 Å². The number of carbonyl (C=O) groups excluding carboxylic acids is 1. The van der Waals surface area contributed by atoms with Gasteiger partial charge in [0.05, 0.1) is 12.2 Å². The zero-order chi connectivity index (χ0) is 10.7. The van der Waals surface area contributed by atoms with Crippen LogP contribution in [0.4, 0.5) is 5.82 Å². The number of nitrogens with two attached hydrogens (primary N) is 1. The van der Waals surface area contributed by atoms with E-state index >= 15 is 0 Å². The summed E-state index contributed by atoms with van der Waals surface area (Å²) in [6.45, 7) is 0.506. The zero-order valence-electron chi connectivity index (χ0n) is 8.48. The van der Waals surface area contributed by atoms with Gasteiger partial charge in [0.15, 0.2) is 0 Å². The molecule has 1 saturated carbocycles. The highest BCUT2D eigenvalue weighted by molar-refractivity contribution is 5.89. The van der Waals surface area contributed by atoms with E-state index in [1.165, 1.54) is 25.1 Å². The molecule has 1 aromatic heterocycles. The molecule has 0 atom stereocenters. The highest BCUT2D eigenvalue weighted by atomic mass is 16.5. The van der Waals surface area contributed by atoms with Crippen LogP contribution in [0.2, 0.25) is 0 Å². The van der Waals surface area contributed by atoms with Crippen LogP contribution in [0.3, 0.4) is 0 Å². The van der Waals surface area contributed by atoms with Gasteiger partial charge in [-0.25, -0.2) is 9.78 Å². The predicted molar refractivity (Wildman–Crippen MR) is 56.3 cm³/mol. The topological polar surface area (TPSA) is 65.2 Å². The summed E-state index contributed by atoms with van der Waals surface area (Å²) in [7, 11) is 0. The smallest absolute Gasteiger partial charge is 0.338 e. The van der Waals surface area contributed by atoms with Gasteiger partial charge < -0.3 is 10.5 Å². The minimum Gasteiger partial charge on any atom is -0.462 e. The van der Waals surface area contributed by atoms with Gasteiger partial charge in [0.2, 0.25) is 0 Å². The lowest BCUT2D eigenvalue weighted by atomic mass is 10.2. The summed E-state index contributed by atoms with van der Waals surface area (Å²) in [6.07, 6.45) is 5.04. The van der Waals surface area contributed by atoms with Crippen LogP contribution < -0.4 is 5.73 Å². The summed E-state index contributed by atoms with van der Waals surface area (Å²) in [4.78, 5) is 15.3. The number of aromatic nitrogens is 1. The van der Waals surface area contributed by atoms with Crippen molar-refractivity contribution in [3.05, 3.63) is 23.9 Å². The van der Waals surface area contributed by atoms with Crippen LogP contribution in [0.25, 0.3) is 0 Å². The molecule has 1 heterocycles. The second-order valence-corrected chi connectivity index (χ2v) is 3.84. The fraction of sp³-hybridized carbons (Fsp3) is 0.455. The highest BCUT2D eigenvalue weighted by Gasteiger charge is 2.21. The number of nitrogen functional groups attached to an aromatic ring is 1. The van der Waals surface area contributed by atoms with Gasteiger partial charge in [-0.3, -0.25) is 0 Å². The minimum absolute atomic E-state index is 0.315. The van der Waals surface area contributed by atoms with E-state index in [1.54, 1.807) is 6.07 Å². The number of carbonyl (C=O) groups is 1. The number of ether oxygens (including phenoxy) is 1. The molecule has 4 heteroatoms. The van der Waals surface area contributed by atoms with Crippen molar-refractivity contribution in [3.63, 3.8) is 0 Å². The van der Waals surface area contributed by atoms with E-state index in [0.29, 0.717) is 18.0 Å². The molecule has 1 aliphatic rings. The number of esters is 1. The maximum Gasteiger partial charge on any atom is 0.338 e. The Hall–Kier alpha value is -1.58. The monoisotopic (exact) mass is 206 g/mol. The molecular weight excluding hydrogens is 192 g/mol. The fourth-order valence-corrected chi connectivity index (χ4v) is 1.38. The molecule has 1 aliphatic carbocycles. The second kappa shape index (κ2) is 4.29. The van der Waals surface area contributed by atoms with Gasteiger partial charge in [0, 0.05) is 6.20 Å². The molecule has 4 nitrogen and oxygen atoms in total. The lowest BCUT2D eigenvalue weighted by Crippen LogP contribution is -2.07. The van der Waals surface area contributed by atoms with E-state index in [1.807, 2.05) is 0 Å². The Morgan fingerprint density at radius 2 is 2.40 bits per heavy atom. The number of rotatable bonds is 4. The van der Waals surface area contributed by atoms with Gasteiger partial charge in [-0.1, -0.05) is 12.8 Å². The Morgan fingerprint density at radius 3 is 3.07 bits per heavy atom.